The summed E-state index contributed by atoms with van der Waals surface area (Å²) in [4.78, 5) is 34.2. The van der Waals surface area contributed by atoms with E-state index in [0.717, 1.165) is 22.3 Å². The number of hydrogen-bond donors (Lipinski definition) is 3. The molecule has 0 saturated carbocycles. The number of nitrogens with zero attached hydrogens (tertiary/aromatic N) is 3. The quantitative estimate of drug-likeness (QED) is 0.360. The van der Waals surface area contributed by atoms with Crippen molar-refractivity contribution in [3.63, 3.8) is 0 Å². The van der Waals surface area contributed by atoms with Crippen LogP contribution in [0.2, 0.25) is 10.0 Å². The standard InChI is InChI=1S/C19H13Cl2N5OS.C2HF3O2/c1-22-17-11-7-10(5-6-14(11)23-9-24-17)8-15-18(27)26-19(28-15)25-16-12(20)3-2-4-13(16)21;3-2(4,5)1(6)7/h2-9H,1H3,(H,22,23,24)(H,25,26,27);(H,6,7)/b15-8-;. The SMILES string of the molecule is CNc1ncnc2ccc(/C=C3\SC(Nc4c(Cl)cccc4Cl)=NC3=O)cc12.O=C(O)C(F)(F)F. The van der Waals surface area contributed by atoms with Gasteiger partial charge in [-0.2, -0.15) is 18.2 Å². The van der Waals surface area contributed by atoms with Crippen LogP contribution in [0.25, 0.3) is 17.0 Å². The van der Waals surface area contributed by atoms with Crippen molar-refractivity contribution in [2.45, 2.75) is 6.18 Å². The largest absolute Gasteiger partial charge is 0.490 e. The first kappa shape index (κ1) is 26.3. The van der Waals surface area contributed by atoms with Crippen LogP contribution in [-0.4, -0.2) is 45.3 Å². The number of aliphatic imine (C=N–C) groups is 1. The molecule has 182 valence electrons. The van der Waals surface area contributed by atoms with Gasteiger partial charge in [0.2, 0.25) is 0 Å². The summed E-state index contributed by atoms with van der Waals surface area (Å²) < 4.78 is 31.7. The van der Waals surface area contributed by atoms with Gasteiger partial charge in [-0.15, -0.1) is 0 Å². The number of amides is 1. The van der Waals surface area contributed by atoms with Gasteiger partial charge in [0.15, 0.2) is 5.17 Å². The minimum absolute atomic E-state index is 0.325. The molecule has 1 aliphatic rings. The number of thioether (sulfide) groups is 1. The summed E-state index contributed by atoms with van der Waals surface area (Å²) in [5.41, 5.74) is 2.19. The second kappa shape index (κ2) is 10.9. The van der Waals surface area contributed by atoms with Crippen molar-refractivity contribution in [1.82, 2.24) is 9.97 Å². The van der Waals surface area contributed by atoms with Gasteiger partial charge in [0.1, 0.15) is 12.1 Å². The molecule has 1 aromatic heterocycles. The van der Waals surface area contributed by atoms with Gasteiger partial charge < -0.3 is 15.7 Å². The molecule has 0 saturated heterocycles. The van der Waals surface area contributed by atoms with Crippen molar-refractivity contribution in [1.29, 1.82) is 0 Å². The van der Waals surface area contributed by atoms with Crippen molar-refractivity contribution in [3.05, 3.63) is 63.2 Å². The monoisotopic (exact) mass is 543 g/mol. The van der Waals surface area contributed by atoms with Gasteiger partial charge in [-0.05, 0) is 47.7 Å². The molecule has 0 radical (unpaired) electrons. The minimum atomic E-state index is -5.08. The summed E-state index contributed by atoms with van der Waals surface area (Å²) >= 11 is 13.6. The van der Waals surface area contributed by atoms with Crippen molar-refractivity contribution in [3.8, 4) is 0 Å². The number of hydrogen-bond acceptors (Lipinski definition) is 7. The fraction of sp³-hybridized carbons (Fsp3) is 0.0952. The van der Waals surface area contributed by atoms with Gasteiger partial charge in [0.25, 0.3) is 5.91 Å². The zero-order chi connectivity index (χ0) is 25.8. The van der Waals surface area contributed by atoms with Crippen LogP contribution in [0.15, 0.2) is 52.6 Å². The molecule has 0 atom stereocenters. The highest BCUT2D eigenvalue weighted by atomic mass is 35.5. The van der Waals surface area contributed by atoms with E-state index in [4.69, 9.17) is 33.1 Å². The Hall–Kier alpha value is -3.35. The van der Waals surface area contributed by atoms with Crippen molar-refractivity contribution in [2.75, 3.05) is 17.7 Å². The number of aliphatic carboxylic acids is 1. The Morgan fingerprint density at radius 2 is 1.80 bits per heavy atom. The van der Waals surface area contributed by atoms with Crippen molar-refractivity contribution >= 4 is 80.5 Å². The van der Waals surface area contributed by atoms with Crippen LogP contribution in [0.4, 0.5) is 24.7 Å². The topological polar surface area (TPSA) is 117 Å². The van der Waals surface area contributed by atoms with Gasteiger partial charge in [-0.25, -0.2) is 14.8 Å². The maximum absolute atomic E-state index is 12.3. The number of carbonyl (C=O) groups excluding carboxylic acids is 1. The number of fused-ring (bicyclic) bond motifs is 1. The molecule has 0 bridgehead atoms. The highest BCUT2D eigenvalue weighted by Crippen LogP contribution is 2.35. The van der Waals surface area contributed by atoms with Gasteiger partial charge in [0.05, 0.1) is 26.2 Å². The maximum Gasteiger partial charge on any atom is 0.490 e. The first-order valence-corrected chi connectivity index (χ1v) is 11.0. The lowest BCUT2D eigenvalue weighted by Crippen LogP contribution is -2.21. The molecular formula is C21H14Cl2F3N5O3S. The summed E-state index contributed by atoms with van der Waals surface area (Å²) in [6.45, 7) is 0. The van der Waals surface area contributed by atoms with Gasteiger partial charge in [-0.1, -0.05) is 35.3 Å². The third kappa shape index (κ3) is 6.62. The second-order valence-corrected chi connectivity index (χ2v) is 8.45. The molecule has 2 heterocycles. The average Bonchev–Trinajstić information content (AvgIpc) is 3.14. The fourth-order valence-corrected chi connectivity index (χ4v) is 4.01. The van der Waals surface area contributed by atoms with E-state index in [1.54, 1.807) is 31.3 Å². The van der Waals surface area contributed by atoms with Crippen LogP contribution in [0.1, 0.15) is 5.56 Å². The lowest BCUT2D eigenvalue weighted by Gasteiger charge is -2.08. The van der Waals surface area contributed by atoms with Crippen LogP contribution in [0, 0.1) is 0 Å². The zero-order valence-corrected chi connectivity index (χ0v) is 19.9. The molecule has 0 fully saturated rings. The van der Waals surface area contributed by atoms with E-state index in [-0.39, 0.29) is 5.91 Å². The number of halogens is 5. The molecule has 0 aliphatic carbocycles. The minimum Gasteiger partial charge on any atom is -0.475 e. The van der Waals surface area contributed by atoms with E-state index in [1.165, 1.54) is 18.1 Å². The summed E-state index contributed by atoms with van der Waals surface area (Å²) in [5, 5.41) is 15.4. The molecule has 4 rings (SSSR count). The zero-order valence-electron chi connectivity index (χ0n) is 17.5. The molecule has 14 heteroatoms. The molecule has 3 N–H and O–H groups in total. The number of carboxylic acid groups (broad SMARTS) is 1. The highest BCUT2D eigenvalue weighted by molar-refractivity contribution is 8.18. The van der Waals surface area contributed by atoms with Gasteiger partial charge in [-0.3, -0.25) is 4.79 Å². The Balaban J connectivity index is 0.000000429. The number of alkyl halides is 3. The highest BCUT2D eigenvalue weighted by Gasteiger charge is 2.38. The third-order valence-electron chi connectivity index (χ3n) is 4.25. The van der Waals surface area contributed by atoms with Crippen LogP contribution in [-0.2, 0) is 9.59 Å². The van der Waals surface area contributed by atoms with E-state index < -0.39 is 12.1 Å². The third-order valence-corrected chi connectivity index (χ3v) is 5.78. The van der Waals surface area contributed by atoms with Crippen LogP contribution in [0.3, 0.4) is 0 Å². The predicted molar refractivity (Wildman–Crippen MR) is 131 cm³/mol. The lowest BCUT2D eigenvalue weighted by atomic mass is 10.1. The average molecular weight is 544 g/mol. The smallest absolute Gasteiger partial charge is 0.475 e. The Kier molecular flexibility index (Phi) is 8.20. The molecule has 1 aliphatic heterocycles. The number of nitrogens with one attached hydrogen (secondary N) is 2. The molecule has 2 aromatic carbocycles. The van der Waals surface area contributed by atoms with Crippen LogP contribution in [0.5, 0.6) is 0 Å². The van der Waals surface area contributed by atoms with Gasteiger partial charge >= 0.3 is 12.1 Å². The molecule has 0 spiro atoms. The number of rotatable bonds is 3. The number of aromatic nitrogens is 2. The van der Waals surface area contributed by atoms with E-state index in [9.17, 15) is 18.0 Å². The van der Waals surface area contributed by atoms with E-state index in [0.29, 0.717) is 25.8 Å². The summed E-state index contributed by atoms with van der Waals surface area (Å²) in [6, 6.07) is 10.9. The summed E-state index contributed by atoms with van der Waals surface area (Å²) in [5.74, 6) is -2.36. The van der Waals surface area contributed by atoms with Crippen LogP contribution < -0.4 is 10.6 Å². The van der Waals surface area contributed by atoms with Crippen LogP contribution >= 0.6 is 35.0 Å². The van der Waals surface area contributed by atoms with Gasteiger partial charge in [0, 0.05) is 12.4 Å². The molecule has 1 amide bonds. The molecule has 35 heavy (non-hydrogen) atoms. The number of anilines is 2. The summed E-state index contributed by atoms with van der Waals surface area (Å²) in [6.07, 6.45) is -1.79. The second-order valence-electron chi connectivity index (χ2n) is 6.61. The Bertz CT molecular complexity index is 1350. The number of benzene rings is 2. The molecule has 3 aromatic rings. The van der Waals surface area contributed by atoms with E-state index in [2.05, 4.69) is 25.6 Å². The molecule has 0 unspecified atom stereocenters. The maximum atomic E-state index is 12.3. The molecule has 8 nitrogen and oxygen atoms in total. The molecular weight excluding hydrogens is 530 g/mol. The first-order chi connectivity index (χ1) is 16.5. The fourth-order valence-electron chi connectivity index (χ4n) is 2.70. The Labute approximate surface area is 210 Å². The Morgan fingerprint density at radius 3 is 2.40 bits per heavy atom. The number of carbonyl (C=O) groups is 2. The predicted octanol–water partition coefficient (Wildman–Crippen LogP) is 5.69. The number of amidine groups is 1. The number of carboxylic acids is 1. The van der Waals surface area contributed by atoms with E-state index in [1.807, 2.05) is 18.2 Å². The lowest BCUT2D eigenvalue weighted by molar-refractivity contribution is -0.192. The Morgan fingerprint density at radius 1 is 1.14 bits per heavy atom. The first-order valence-electron chi connectivity index (χ1n) is 9.46. The van der Waals surface area contributed by atoms with Crippen molar-refractivity contribution < 1.29 is 27.9 Å². The summed E-state index contributed by atoms with van der Waals surface area (Å²) in [7, 11) is 1.80. The van der Waals surface area contributed by atoms with E-state index >= 15 is 0 Å². The van der Waals surface area contributed by atoms with Crippen molar-refractivity contribution in [2.24, 2.45) is 4.99 Å². The normalized spacial score (nSPS) is 14.4. The number of para-hydroxylation sites is 1.